The van der Waals surface area contributed by atoms with E-state index in [1.54, 1.807) is 0 Å². The highest BCUT2D eigenvalue weighted by atomic mass is 16.1. The summed E-state index contributed by atoms with van der Waals surface area (Å²) in [5.41, 5.74) is 9.04. The van der Waals surface area contributed by atoms with E-state index in [9.17, 15) is 4.79 Å². The molecule has 0 unspecified atom stereocenters. The van der Waals surface area contributed by atoms with Crippen LogP contribution in [0.2, 0.25) is 0 Å². The summed E-state index contributed by atoms with van der Waals surface area (Å²) in [7, 11) is 0. The molecule has 0 aromatic carbocycles. The fraction of sp³-hybridized carbons (Fsp3) is 0.667. The molecule has 19 heavy (non-hydrogen) atoms. The summed E-state index contributed by atoms with van der Waals surface area (Å²) in [5.74, 6) is 0.239. The van der Waals surface area contributed by atoms with Crippen molar-refractivity contribution in [3.05, 3.63) is 23.0 Å². The average Bonchev–Trinajstić information content (AvgIpc) is 2.67. The second-order valence-corrected chi connectivity index (χ2v) is 5.57. The smallest absolute Gasteiger partial charge is 0.178 e. The molecule has 4 nitrogen and oxygen atoms in total. The molecule has 1 aliphatic rings. The number of nitrogens with zero attached hydrogens (tertiary/aromatic N) is 2. The van der Waals surface area contributed by atoms with Gasteiger partial charge in [-0.3, -0.25) is 9.69 Å². The third-order valence-corrected chi connectivity index (χ3v) is 4.19. The van der Waals surface area contributed by atoms with E-state index in [0.29, 0.717) is 12.6 Å². The zero-order valence-electron chi connectivity index (χ0n) is 12.3. The number of carbonyl (C=O) groups excluding carboxylic acids is 1. The Morgan fingerprint density at radius 2 is 2.00 bits per heavy atom. The molecule has 0 bridgehead atoms. The molecule has 0 spiro atoms. The van der Waals surface area contributed by atoms with Gasteiger partial charge < -0.3 is 10.3 Å². The quantitative estimate of drug-likeness (QED) is 0.842. The van der Waals surface area contributed by atoms with E-state index in [0.717, 1.165) is 43.7 Å². The molecular weight excluding hydrogens is 238 g/mol. The Kier molecular flexibility index (Phi) is 4.42. The lowest BCUT2D eigenvalue weighted by Crippen LogP contribution is -2.42. The largest absolute Gasteiger partial charge is 0.349 e. The van der Waals surface area contributed by atoms with Crippen molar-refractivity contribution < 1.29 is 4.79 Å². The molecule has 2 heterocycles. The minimum absolute atomic E-state index is 0.239. The Morgan fingerprint density at radius 3 is 2.53 bits per heavy atom. The SMILES string of the molecule is CCn1c(C)cc(C(=O)CN2CCC(N)CC2)c1C. The molecule has 1 saturated heterocycles. The zero-order valence-corrected chi connectivity index (χ0v) is 12.3. The number of carbonyl (C=O) groups is 1. The topological polar surface area (TPSA) is 51.3 Å². The maximum atomic E-state index is 12.4. The van der Waals surface area contributed by atoms with E-state index in [1.165, 1.54) is 5.69 Å². The summed E-state index contributed by atoms with van der Waals surface area (Å²) in [5, 5.41) is 0. The standard InChI is InChI=1S/C15H25N3O/c1-4-18-11(2)9-14(12(18)3)15(19)10-17-7-5-13(16)6-8-17/h9,13H,4-8,10,16H2,1-3H3. The molecule has 0 radical (unpaired) electrons. The predicted molar refractivity (Wildman–Crippen MR) is 77.6 cm³/mol. The van der Waals surface area contributed by atoms with Gasteiger partial charge >= 0.3 is 0 Å². The van der Waals surface area contributed by atoms with Crippen LogP contribution in [0.4, 0.5) is 0 Å². The first-order chi connectivity index (χ1) is 9.02. The van der Waals surface area contributed by atoms with Crippen molar-refractivity contribution >= 4 is 5.78 Å². The van der Waals surface area contributed by atoms with E-state index >= 15 is 0 Å². The number of Topliss-reactive ketones (excluding diaryl/α,β-unsaturated/α-hetero) is 1. The highest BCUT2D eigenvalue weighted by Crippen LogP contribution is 2.17. The van der Waals surface area contributed by atoms with Crippen molar-refractivity contribution in [1.29, 1.82) is 0 Å². The molecule has 2 rings (SSSR count). The van der Waals surface area contributed by atoms with Gasteiger partial charge in [-0.15, -0.1) is 0 Å². The van der Waals surface area contributed by atoms with Crippen molar-refractivity contribution in [3.63, 3.8) is 0 Å². The Bertz CT molecular complexity index is 456. The van der Waals surface area contributed by atoms with Crippen LogP contribution in [0.5, 0.6) is 0 Å². The van der Waals surface area contributed by atoms with Crippen molar-refractivity contribution in [1.82, 2.24) is 9.47 Å². The van der Waals surface area contributed by atoms with E-state index in [1.807, 2.05) is 13.0 Å². The lowest BCUT2D eigenvalue weighted by molar-refractivity contribution is 0.0909. The molecule has 0 aliphatic carbocycles. The van der Waals surface area contributed by atoms with Gasteiger partial charge in [0.05, 0.1) is 6.54 Å². The van der Waals surface area contributed by atoms with E-state index < -0.39 is 0 Å². The van der Waals surface area contributed by atoms with Gasteiger partial charge in [-0.2, -0.15) is 0 Å². The predicted octanol–water partition coefficient (Wildman–Crippen LogP) is 1.73. The average molecular weight is 263 g/mol. The second kappa shape index (κ2) is 5.88. The molecule has 4 heteroatoms. The third kappa shape index (κ3) is 3.07. The third-order valence-electron chi connectivity index (χ3n) is 4.19. The van der Waals surface area contributed by atoms with Gasteiger partial charge in [-0.25, -0.2) is 0 Å². The van der Waals surface area contributed by atoms with E-state index in [4.69, 9.17) is 5.73 Å². The van der Waals surface area contributed by atoms with Crippen molar-refractivity contribution in [2.24, 2.45) is 5.73 Å². The molecule has 0 atom stereocenters. The van der Waals surface area contributed by atoms with Crippen LogP contribution in [0, 0.1) is 13.8 Å². The fourth-order valence-electron chi connectivity index (χ4n) is 2.97. The Hall–Kier alpha value is -1.13. The summed E-state index contributed by atoms with van der Waals surface area (Å²) < 4.78 is 2.19. The number of nitrogens with two attached hydrogens (primary N) is 1. The normalized spacial score (nSPS) is 17.9. The van der Waals surface area contributed by atoms with Crippen LogP contribution < -0.4 is 5.73 Å². The first-order valence-corrected chi connectivity index (χ1v) is 7.20. The van der Waals surface area contributed by atoms with Gasteiger partial charge in [0.25, 0.3) is 0 Å². The number of ketones is 1. The molecule has 0 amide bonds. The van der Waals surface area contributed by atoms with Crippen LogP contribution >= 0.6 is 0 Å². The zero-order chi connectivity index (χ0) is 14.0. The number of piperidine rings is 1. The van der Waals surface area contributed by atoms with Gasteiger partial charge in [-0.05, 0) is 39.7 Å². The maximum Gasteiger partial charge on any atom is 0.178 e. The molecule has 1 aromatic rings. The van der Waals surface area contributed by atoms with Crippen LogP contribution in [-0.4, -0.2) is 40.9 Å². The highest BCUT2D eigenvalue weighted by molar-refractivity contribution is 5.99. The van der Waals surface area contributed by atoms with Crippen LogP contribution in [0.15, 0.2) is 6.07 Å². The summed E-state index contributed by atoms with van der Waals surface area (Å²) in [6.45, 7) is 9.55. The fourth-order valence-corrected chi connectivity index (χ4v) is 2.97. The Morgan fingerprint density at radius 1 is 1.37 bits per heavy atom. The van der Waals surface area contributed by atoms with Crippen LogP contribution in [0.3, 0.4) is 0 Å². The molecule has 0 saturated carbocycles. The molecule has 106 valence electrons. The minimum Gasteiger partial charge on any atom is -0.349 e. The van der Waals surface area contributed by atoms with Crippen LogP contribution in [-0.2, 0) is 6.54 Å². The van der Waals surface area contributed by atoms with Crippen molar-refractivity contribution in [2.75, 3.05) is 19.6 Å². The van der Waals surface area contributed by atoms with Gasteiger partial charge in [0.2, 0.25) is 0 Å². The molecular formula is C15H25N3O. The van der Waals surface area contributed by atoms with Gasteiger partial charge in [0.15, 0.2) is 5.78 Å². The monoisotopic (exact) mass is 263 g/mol. The van der Waals surface area contributed by atoms with E-state index in [2.05, 4.69) is 23.3 Å². The summed E-state index contributed by atoms with van der Waals surface area (Å²) in [4.78, 5) is 14.6. The molecule has 1 aliphatic heterocycles. The van der Waals surface area contributed by atoms with Crippen molar-refractivity contribution in [3.8, 4) is 0 Å². The molecule has 1 fully saturated rings. The van der Waals surface area contributed by atoms with Gasteiger partial charge in [-0.1, -0.05) is 0 Å². The summed E-state index contributed by atoms with van der Waals surface area (Å²) in [6.07, 6.45) is 2.00. The minimum atomic E-state index is 0.239. The summed E-state index contributed by atoms with van der Waals surface area (Å²) >= 11 is 0. The van der Waals surface area contributed by atoms with Crippen LogP contribution in [0.25, 0.3) is 0 Å². The highest BCUT2D eigenvalue weighted by Gasteiger charge is 2.21. The molecule has 1 aromatic heterocycles. The Labute approximate surface area is 115 Å². The van der Waals surface area contributed by atoms with E-state index in [-0.39, 0.29) is 5.78 Å². The number of hydrogen-bond acceptors (Lipinski definition) is 3. The number of likely N-dealkylation sites (tertiary alicyclic amines) is 1. The number of hydrogen-bond donors (Lipinski definition) is 1. The summed E-state index contributed by atoms with van der Waals surface area (Å²) in [6, 6.07) is 2.34. The maximum absolute atomic E-state index is 12.4. The van der Waals surface area contributed by atoms with Gasteiger partial charge in [0.1, 0.15) is 0 Å². The van der Waals surface area contributed by atoms with Crippen LogP contribution in [0.1, 0.15) is 41.5 Å². The van der Waals surface area contributed by atoms with Crippen molar-refractivity contribution in [2.45, 2.75) is 46.2 Å². The number of aryl methyl sites for hydroxylation is 1. The first-order valence-electron chi connectivity index (χ1n) is 7.20. The number of aromatic nitrogens is 1. The lowest BCUT2D eigenvalue weighted by Gasteiger charge is -2.29. The van der Waals surface area contributed by atoms with Gasteiger partial charge in [0, 0.05) is 42.6 Å². The first kappa shape index (κ1) is 14.3. The Balaban J connectivity index is 2.04. The molecule has 2 N–H and O–H groups in total. The lowest BCUT2D eigenvalue weighted by atomic mass is 10.0. The number of rotatable bonds is 4. The second-order valence-electron chi connectivity index (χ2n) is 5.57.